The Morgan fingerprint density at radius 3 is 2.16 bits per heavy atom. The number of allylic oxidation sites excluding steroid dienone is 2. The average molecular weight is 633 g/mol. The van der Waals surface area contributed by atoms with E-state index in [0.717, 1.165) is 44.9 Å². The summed E-state index contributed by atoms with van der Waals surface area (Å²) < 4.78 is 10.5. The fraction of sp³-hybridized carbons (Fsp3) is 0.865. The lowest BCUT2D eigenvalue weighted by Gasteiger charge is -2.61. The maximum atomic E-state index is 13.9. The topological polar surface area (TPSA) is 130 Å². The van der Waals surface area contributed by atoms with Crippen LogP contribution in [0.3, 0.4) is 0 Å². The van der Waals surface area contributed by atoms with E-state index in [0.29, 0.717) is 24.7 Å². The summed E-state index contributed by atoms with van der Waals surface area (Å²) in [6.45, 7) is 18.3. The van der Waals surface area contributed by atoms with E-state index in [1.54, 1.807) is 19.4 Å². The minimum atomic E-state index is -1.63. The molecule has 0 bridgehead atoms. The molecule has 3 N–H and O–H groups in total. The molecular formula is C37H60O8. The van der Waals surface area contributed by atoms with Crippen molar-refractivity contribution in [1.29, 1.82) is 0 Å². The zero-order valence-electron chi connectivity index (χ0n) is 29.5. The van der Waals surface area contributed by atoms with E-state index in [1.165, 1.54) is 19.6 Å². The molecule has 4 aliphatic rings. The third-order valence-corrected chi connectivity index (χ3v) is 13.5. The van der Waals surface area contributed by atoms with Gasteiger partial charge >= 0.3 is 11.9 Å². The first kappa shape index (κ1) is 36.1. The second-order valence-corrected chi connectivity index (χ2v) is 17.3. The van der Waals surface area contributed by atoms with E-state index in [9.17, 15) is 29.7 Å². The number of carbonyl (C=O) groups is 3. The number of methoxy groups -OCH3 is 1. The Kier molecular flexibility index (Phi) is 9.65. The molecule has 4 rings (SSSR count). The third-order valence-electron chi connectivity index (χ3n) is 13.5. The zero-order valence-corrected chi connectivity index (χ0v) is 29.5. The largest absolute Gasteiger partial charge is 0.469 e. The van der Waals surface area contributed by atoms with Gasteiger partial charge < -0.3 is 24.8 Å². The van der Waals surface area contributed by atoms with Crippen LogP contribution in [-0.2, 0) is 23.9 Å². The van der Waals surface area contributed by atoms with Crippen LogP contribution < -0.4 is 0 Å². The lowest BCUT2D eigenvalue weighted by Crippen LogP contribution is -2.58. The standard InChI is InChI=1S/C37H60O8/c1-22(11-14-28(38)33(4,5)42)23-15-17-37(9)25-12-13-27-32(2,3)31(41)26(19-35(27,7)24(25)16-18-36(23,37)8)45-30(40)21-34(6,43)20-29(39)44-10/h22-23,26-28,38,42-43H,11-21H2,1-10H3/t22-,23-,26-,27+,28?,34?,35-,36-,37+/m1/s1. The zero-order chi connectivity index (χ0) is 34.0. The smallest absolute Gasteiger partial charge is 0.309 e. The molecule has 45 heavy (non-hydrogen) atoms. The molecule has 0 heterocycles. The number of esters is 2. The van der Waals surface area contributed by atoms with Crippen LogP contribution in [0.25, 0.3) is 0 Å². The molecule has 0 saturated heterocycles. The lowest BCUT2D eigenvalue weighted by molar-refractivity contribution is -0.174. The van der Waals surface area contributed by atoms with Crippen molar-refractivity contribution in [3.63, 3.8) is 0 Å². The van der Waals surface area contributed by atoms with Gasteiger partial charge in [-0.15, -0.1) is 0 Å². The van der Waals surface area contributed by atoms with Crippen LogP contribution in [0.1, 0.15) is 133 Å². The summed E-state index contributed by atoms with van der Waals surface area (Å²) in [7, 11) is 1.23. The van der Waals surface area contributed by atoms with Gasteiger partial charge in [0, 0.05) is 11.8 Å². The number of ether oxygens (including phenoxy) is 2. The van der Waals surface area contributed by atoms with Gasteiger partial charge in [0.05, 0.1) is 37.3 Å². The van der Waals surface area contributed by atoms with Gasteiger partial charge in [0.2, 0.25) is 0 Å². The molecular weight excluding hydrogens is 572 g/mol. The number of fused-ring (bicyclic) bond motifs is 4. The summed E-state index contributed by atoms with van der Waals surface area (Å²) in [4.78, 5) is 38.7. The average Bonchev–Trinajstić information content (AvgIpc) is 3.20. The van der Waals surface area contributed by atoms with Crippen molar-refractivity contribution in [2.75, 3.05) is 7.11 Å². The van der Waals surface area contributed by atoms with Crippen LogP contribution in [0, 0.1) is 39.4 Å². The number of ketones is 1. The normalized spacial score (nSPS) is 37.1. The maximum Gasteiger partial charge on any atom is 0.309 e. The fourth-order valence-corrected chi connectivity index (χ4v) is 10.6. The number of rotatable bonds is 10. The number of hydrogen-bond donors (Lipinski definition) is 3. The van der Waals surface area contributed by atoms with Gasteiger partial charge in [-0.1, -0.05) is 52.7 Å². The highest BCUT2D eigenvalue weighted by molar-refractivity contribution is 5.92. The number of aliphatic hydroxyl groups is 3. The van der Waals surface area contributed by atoms with E-state index in [4.69, 9.17) is 4.74 Å². The molecule has 0 aromatic heterocycles. The number of aliphatic hydroxyl groups excluding tert-OH is 1. The summed E-state index contributed by atoms with van der Waals surface area (Å²) >= 11 is 0. The van der Waals surface area contributed by atoms with Crippen molar-refractivity contribution in [1.82, 2.24) is 0 Å². The van der Waals surface area contributed by atoms with Crippen LogP contribution in [0.15, 0.2) is 11.1 Å². The molecule has 0 aromatic carbocycles. The summed E-state index contributed by atoms with van der Waals surface area (Å²) in [5, 5.41) is 31.4. The Morgan fingerprint density at radius 2 is 1.56 bits per heavy atom. The van der Waals surface area contributed by atoms with E-state index in [-0.39, 0.29) is 34.4 Å². The van der Waals surface area contributed by atoms with Crippen molar-refractivity contribution < 1.29 is 39.2 Å². The molecule has 0 amide bonds. The number of hydrogen-bond acceptors (Lipinski definition) is 8. The molecule has 0 aromatic rings. The predicted molar refractivity (Wildman–Crippen MR) is 172 cm³/mol. The fourth-order valence-electron chi connectivity index (χ4n) is 10.6. The highest BCUT2D eigenvalue weighted by Gasteiger charge is 2.65. The highest BCUT2D eigenvalue weighted by atomic mass is 16.5. The van der Waals surface area contributed by atoms with Crippen molar-refractivity contribution in [3.8, 4) is 0 Å². The maximum absolute atomic E-state index is 13.9. The number of Topliss-reactive ketones (excluding diaryl/α,β-unsaturated/α-hetero) is 1. The molecule has 0 aliphatic heterocycles. The lowest BCUT2D eigenvalue weighted by atomic mass is 9.43. The van der Waals surface area contributed by atoms with Crippen LogP contribution in [0.5, 0.6) is 0 Å². The summed E-state index contributed by atoms with van der Waals surface area (Å²) in [6, 6.07) is 0. The first-order valence-electron chi connectivity index (χ1n) is 17.2. The van der Waals surface area contributed by atoms with Gasteiger partial charge in [0.15, 0.2) is 11.9 Å². The highest BCUT2D eigenvalue weighted by Crippen LogP contribution is 2.72. The molecule has 8 heteroatoms. The van der Waals surface area contributed by atoms with Crippen molar-refractivity contribution in [3.05, 3.63) is 11.1 Å². The third kappa shape index (κ3) is 6.29. The van der Waals surface area contributed by atoms with Gasteiger partial charge in [-0.05, 0) is 106 Å². The van der Waals surface area contributed by atoms with E-state index >= 15 is 0 Å². The van der Waals surface area contributed by atoms with Gasteiger partial charge in [0.25, 0.3) is 0 Å². The number of carbonyl (C=O) groups excluding carboxylic acids is 3. The molecule has 2 fully saturated rings. The molecule has 256 valence electrons. The van der Waals surface area contributed by atoms with Crippen LogP contribution >= 0.6 is 0 Å². The SMILES string of the molecule is COC(=O)CC(C)(O)CC(=O)O[C@@H]1C[C@]2(C)C3=C(CC[C@H]2C(C)(C)C1=O)[C@]1(C)CC[C@H]([C@H](C)CCC(O)C(C)(C)O)[C@@]1(C)CC3. The van der Waals surface area contributed by atoms with Gasteiger partial charge in [-0.25, -0.2) is 0 Å². The van der Waals surface area contributed by atoms with E-state index in [2.05, 4.69) is 32.4 Å². The minimum Gasteiger partial charge on any atom is -0.469 e. The Balaban J connectivity index is 1.59. The molecule has 2 unspecified atom stereocenters. The van der Waals surface area contributed by atoms with E-state index in [1.807, 2.05) is 13.8 Å². The van der Waals surface area contributed by atoms with Crippen molar-refractivity contribution in [2.24, 2.45) is 39.4 Å². The summed E-state index contributed by atoms with van der Waals surface area (Å²) in [5.74, 6) is -0.282. The van der Waals surface area contributed by atoms with Crippen LogP contribution in [-0.4, -0.2) is 63.6 Å². The molecule has 4 aliphatic carbocycles. The van der Waals surface area contributed by atoms with Gasteiger partial charge in [-0.2, -0.15) is 0 Å². The Bertz CT molecular complexity index is 1210. The second kappa shape index (κ2) is 12.0. The monoisotopic (exact) mass is 632 g/mol. The Labute approximate surface area is 270 Å². The summed E-state index contributed by atoms with van der Waals surface area (Å²) in [5.41, 5.74) is -0.543. The predicted octanol–water partition coefficient (Wildman–Crippen LogP) is 6.08. The Morgan fingerprint density at radius 1 is 0.933 bits per heavy atom. The van der Waals surface area contributed by atoms with Crippen LogP contribution in [0.4, 0.5) is 0 Å². The van der Waals surface area contributed by atoms with Gasteiger partial charge in [-0.3, -0.25) is 14.4 Å². The second-order valence-electron chi connectivity index (χ2n) is 17.3. The molecule has 0 spiro atoms. The van der Waals surface area contributed by atoms with Gasteiger partial charge in [0.1, 0.15) is 0 Å². The first-order valence-corrected chi connectivity index (χ1v) is 17.2. The molecule has 9 atom stereocenters. The quantitative estimate of drug-likeness (QED) is 0.195. The first-order chi connectivity index (χ1) is 20.5. The molecule has 2 saturated carbocycles. The summed E-state index contributed by atoms with van der Waals surface area (Å²) in [6.07, 6.45) is 5.69. The molecule has 0 radical (unpaired) electrons. The van der Waals surface area contributed by atoms with Crippen molar-refractivity contribution in [2.45, 2.75) is 156 Å². The van der Waals surface area contributed by atoms with Crippen LogP contribution in [0.2, 0.25) is 0 Å². The minimum absolute atomic E-state index is 0.0344. The Hall–Kier alpha value is -1.77. The molecule has 8 nitrogen and oxygen atoms in total. The van der Waals surface area contributed by atoms with E-state index < -0.39 is 47.2 Å². The van der Waals surface area contributed by atoms with Crippen molar-refractivity contribution >= 4 is 17.7 Å².